The molecule has 1 N–H and O–H groups in total. The molecule has 2 rings (SSSR count). The van der Waals surface area contributed by atoms with Crippen molar-refractivity contribution < 1.29 is 0 Å². The maximum absolute atomic E-state index is 4.33. The van der Waals surface area contributed by atoms with Gasteiger partial charge in [-0.3, -0.25) is 4.68 Å². The molecule has 1 unspecified atom stereocenters. The van der Waals surface area contributed by atoms with Crippen LogP contribution in [0.4, 0.5) is 0 Å². The monoisotopic (exact) mass is 341 g/mol. The molecule has 1 aromatic heterocycles. The normalized spacial score (nSPS) is 12.6. The second-order valence-corrected chi connectivity index (χ2v) is 5.15. The predicted octanol–water partition coefficient (Wildman–Crippen LogP) is 2.82. The lowest BCUT2D eigenvalue weighted by molar-refractivity contribution is 0.653. The van der Waals surface area contributed by atoms with Crippen LogP contribution >= 0.6 is 22.6 Å². The Bertz CT molecular complexity index is 493. The number of hydrogen-bond acceptors (Lipinski definition) is 2. The SMILES string of the molecule is CCn1cc(C(NC)c2cccc(I)c2)cn1. The van der Waals surface area contributed by atoms with Crippen LogP contribution in [0.15, 0.2) is 36.7 Å². The summed E-state index contributed by atoms with van der Waals surface area (Å²) in [5.74, 6) is 0. The molecule has 0 saturated heterocycles. The van der Waals surface area contributed by atoms with Gasteiger partial charge in [-0.05, 0) is 54.3 Å². The highest BCUT2D eigenvalue weighted by atomic mass is 127. The largest absolute Gasteiger partial charge is 0.309 e. The maximum atomic E-state index is 4.33. The number of benzene rings is 1. The van der Waals surface area contributed by atoms with Crippen LogP contribution in [0.5, 0.6) is 0 Å². The molecule has 2 aromatic rings. The summed E-state index contributed by atoms with van der Waals surface area (Å²) >= 11 is 2.34. The summed E-state index contributed by atoms with van der Waals surface area (Å²) in [6.07, 6.45) is 4.03. The van der Waals surface area contributed by atoms with Gasteiger partial charge in [0.05, 0.1) is 12.2 Å². The van der Waals surface area contributed by atoms with E-state index in [1.54, 1.807) is 0 Å². The summed E-state index contributed by atoms with van der Waals surface area (Å²) in [4.78, 5) is 0. The zero-order valence-corrected chi connectivity index (χ0v) is 12.2. The van der Waals surface area contributed by atoms with Gasteiger partial charge in [-0.1, -0.05) is 12.1 Å². The van der Waals surface area contributed by atoms with E-state index in [1.807, 2.05) is 17.9 Å². The first-order valence-corrected chi connectivity index (χ1v) is 6.77. The van der Waals surface area contributed by atoms with Crippen LogP contribution in [0.1, 0.15) is 24.1 Å². The molecule has 0 saturated carbocycles. The Labute approximate surface area is 115 Å². The molecule has 1 aromatic carbocycles. The van der Waals surface area contributed by atoms with Crippen molar-refractivity contribution in [3.05, 3.63) is 51.4 Å². The molecular formula is C13H16IN3. The molecule has 1 heterocycles. The summed E-state index contributed by atoms with van der Waals surface area (Å²) in [6, 6.07) is 8.75. The second kappa shape index (κ2) is 5.64. The van der Waals surface area contributed by atoms with Crippen molar-refractivity contribution in [3.8, 4) is 0 Å². The Morgan fingerprint density at radius 3 is 2.82 bits per heavy atom. The number of hydrogen-bond donors (Lipinski definition) is 1. The fourth-order valence-electron chi connectivity index (χ4n) is 1.91. The van der Waals surface area contributed by atoms with Crippen LogP contribution in [0.3, 0.4) is 0 Å². The molecule has 0 aliphatic heterocycles. The van der Waals surface area contributed by atoms with Crippen LogP contribution in [-0.2, 0) is 6.54 Å². The topological polar surface area (TPSA) is 29.9 Å². The van der Waals surface area contributed by atoms with E-state index >= 15 is 0 Å². The second-order valence-electron chi connectivity index (χ2n) is 3.91. The highest BCUT2D eigenvalue weighted by Gasteiger charge is 2.13. The molecule has 4 heteroatoms. The Morgan fingerprint density at radius 1 is 1.41 bits per heavy atom. The number of nitrogens with zero attached hydrogens (tertiary/aromatic N) is 2. The van der Waals surface area contributed by atoms with Gasteiger partial charge in [0, 0.05) is 21.9 Å². The van der Waals surface area contributed by atoms with E-state index in [0.717, 1.165) is 6.54 Å². The molecule has 0 aliphatic carbocycles. The first kappa shape index (κ1) is 12.6. The first-order valence-electron chi connectivity index (χ1n) is 5.69. The lowest BCUT2D eigenvalue weighted by atomic mass is 10.0. The Hall–Kier alpha value is -0.880. The van der Waals surface area contributed by atoms with Gasteiger partial charge in [-0.2, -0.15) is 5.10 Å². The molecule has 0 aliphatic rings. The third-order valence-electron chi connectivity index (χ3n) is 2.78. The lowest BCUT2D eigenvalue weighted by Gasteiger charge is -2.15. The first-order chi connectivity index (χ1) is 8.24. The molecule has 0 fully saturated rings. The van der Waals surface area contributed by atoms with Gasteiger partial charge >= 0.3 is 0 Å². The summed E-state index contributed by atoms with van der Waals surface area (Å²) < 4.78 is 3.20. The molecule has 0 bridgehead atoms. The van der Waals surface area contributed by atoms with E-state index in [0.29, 0.717) is 0 Å². The molecular weight excluding hydrogens is 325 g/mol. The number of aryl methyl sites for hydroxylation is 1. The van der Waals surface area contributed by atoms with Gasteiger partial charge in [-0.25, -0.2) is 0 Å². The van der Waals surface area contributed by atoms with Crippen molar-refractivity contribution in [1.82, 2.24) is 15.1 Å². The number of nitrogens with one attached hydrogen (secondary N) is 1. The van der Waals surface area contributed by atoms with Crippen molar-refractivity contribution >= 4 is 22.6 Å². The van der Waals surface area contributed by atoms with E-state index in [1.165, 1.54) is 14.7 Å². The summed E-state index contributed by atoms with van der Waals surface area (Å²) in [5, 5.41) is 7.67. The van der Waals surface area contributed by atoms with Crippen molar-refractivity contribution in [2.24, 2.45) is 0 Å². The zero-order valence-electron chi connectivity index (χ0n) is 10.0. The number of halogens is 1. The molecule has 0 amide bonds. The molecule has 17 heavy (non-hydrogen) atoms. The van der Waals surface area contributed by atoms with Crippen LogP contribution < -0.4 is 5.32 Å². The zero-order chi connectivity index (χ0) is 12.3. The average Bonchev–Trinajstić information content (AvgIpc) is 2.79. The van der Waals surface area contributed by atoms with Gasteiger partial charge in [0.2, 0.25) is 0 Å². The van der Waals surface area contributed by atoms with E-state index in [-0.39, 0.29) is 6.04 Å². The highest BCUT2D eigenvalue weighted by molar-refractivity contribution is 14.1. The van der Waals surface area contributed by atoms with Crippen LogP contribution in [0, 0.1) is 3.57 Å². The molecule has 1 atom stereocenters. The Kier molecular flexibility index (Phi) is 4.17. The van der Waals surface area contributed by atoms with Crippen molar-refractivity contribution in [3.63, 3.8) is 0 Å². The average molecular weight is 341 g/mol. The Morgan fingerprint density at radius 2 is 2.24 bits per heavy atom. The maximum Gasteiger partial charge on any atom is 0.0605 e. The highest BCUT2D eigenvalue weighted by Crippen LogP contribution is 2.22. The number of rotatable bonds is 4. The third-order valence-corrected chi connectivity index (χ3v) is 3.45. The van der Waals surface area contributed by atoms with Crippen LogP contribution in [-0.4, -0.2) is 16.8 Å². The van der Waals surface area contributed by atoms with Gasteiger partial charge in [0.25, 0.3) is 0 Å². The number of aromatic nitrogens is 2. The smallest absolute Gasteiger partial charge is 0.0605 e. The summed E-state index contributed by atoms with van der Waals surface area (Å²) in [5.41, 5.74) is 2.48. The van der Waals surface area contributed by atoms with Gasteiger partial charge < -0.3 is 5.32 Å². The third kappa shape index (κ3) is 2.87. The fraction of sp³-hybridized carbons (Fsp3) is 0.308. The summed E-state index contributed by atoms with van der Waals surface area (Å²) in [7, 11) is 1.98. The minimum absolute atomic E-state index is 0.213. The molecule has 90 valence electrons. The summed E-state index contributed by atoms with van der Waals surface area (Å²) in [6.45, 7) is 3.00. The molecule has 0 radical (unpaired) electrons. The van der Waals surface area contributed by atoms with Gasteiger partial charge in [0.1, 0.15) is 0 Å². The van der Waals surface area contributed by atoms with Crippen LogP contribution in [0.2, 0.25) is 0 Å². The van der Waals surface area contributed by atoms with E-state index in [2.05, 4.69) is 70.4 Å². The van der Waals surface area contributed by atoms with E-state index < -0.39 is 0 Å². The quantitative estimate of drug-likeness (QED) is 0.867. The minimum atomic E-state index is 0.213. The van der Waals surface area contributed by atoms with E-state index in [4.69, 9.17) is 0 Å². The van der Waals surface area contributed by atoms with Crippen molar-refractivity contribution in [2.75, 3.05) is 7.05 Å². The standard InChI is InChI=1S/C13H16IN3/c1-3-17-9-11(8-16-17)13(15-2)10-5-4-6-12(14)7-10/h4-9,13,15H,3H2,1-2H3. The van der Waals surface area contributed by atoms with Crippen LogP contribution in [0.25, 0.3) is 0 Å². The van der Waals surface area contributed by atoms with Gasteiger partial charge in [0.15, 0.2) is 0 Å². The van der Waals surface area contributed by atoms with E-state index in [9.17, 15) is 0 Å². The Balaban J connectivity index is 2.33. The molecule has 3 nitrogen and oxygen atoms in total. The van der Waals surface area contributed by atoms with Gasteiger partial charge in [-0.15, -0.1) is 0 Å². The van der Waals surface area contributed by atoms with Crippen molar-refractivity contribution in [1.29, 1.82) is 0 Å². The van der Waals surface area contributed by atoms with Crippen molar-refractivity contribution in [2.45, 2.75) is 19.5 Å². The fourth-order valence-corrected chi connectivity index (χ4v) is 2.48. The molecule has 0 spiro atoms. The minimum Gasteiger partial charge on any atom is -0.309 e. The lowest BCUT2D eigenvalue weighted by Crippen LogP contribution is -2.17. The predicted molar refractivity (Wildman–Crippen MR) is 78.0 cm³/mol.